The molecule has 18 heavy (non-hydrogen) atoms. The molecule has 0 spiro atoms. The first-order valence-electron chi connectivity index (χ1n) is 5.16. The molecule has 0 saturated heterocycles. The summed E-state index contributed by atoms with van der Waals surface area (Å²) in [4.78, 5) is 0. The van der Waals surface area contributed by atoms with Crippen molar-refractivity contribution in [2.24, 2.45) is 5.84 Å². The van der Waals surface area contributed by atoms with Crippen LogP contribution in [0.15, 0.2) is 18.2 Å². The number of ether oxygens (including phenoxy) is 2. The summed E-state index contributed by atoms with van der Waals surface area (Å²) in [5.41, 5.74) is 2.48. The Morgan fingerprint density at radius 2 is 1.94 bits per heavy atom. The predicted molar refractivity (Wildman–Crippen MR) is 60.3 cm³/mol. The van der Waals surface area contributed by atoms with E-state index in [1.165, 1.54) is 26.4 Å². The maximum atomic E-state index is 12.4. The molecular formula is C11H15F3N2O2. The van der Waals surface area contributed by atoms with Crippen molar-refractivity contribution in [1.82, 2.24) is 5.43 Å². The van der Waals surface area contributed by atoms with E-state index in [-0.39, 0.29) is 0 Å². The third kappa shape index (κ3) is 3.78. The topological polar surface area (TPSA) is 56.5 Å². The number of alkyl halides is 3. The summed E-state index contributed by atoms with van der Waals surface area (Å²) < 4.78 is 47.2. The minimum Gasteiger partial charge on any atom is -0.497 e. The van der Waals surface area contributed by atoms with E-state index < -0.39 is 18.6 Å². The zero-order valence-corrected chi connectivity index (χ0v) is 10.0. The molecule has 0 radical (unpaired) electrons. The smallest absolute Gasteiger partial charge is 0.390 e. The van der Waals surface area contributed by atoms with Crippen LogP contribution in [-0.2, 0) is 0 Å². The summed E-state index contributed by atoms with van der Waals surface area (Å²) in [5.74, 6) is 5.96. The van der Waals surface area contributed by atoms with E-state index >= 15 is 0 Å². The fraction of sp³-hybridized carbons (Fsp3) is 0.455. The summed E-state index contributed by atoms with van der Waals surface area (Å²) in [6.45, 7) is 0. The first-order valence-corrected chi connectivity index (χ1v) is 5.16. The average molecular weight is 264 g/mol. The lowest BCUT2D eigenvalue weighted by Crippen LogP contribution is -2.32. The van der Waals surface area contributed by atoms with Crippen molar-refractivity contribution in [3.63, 3.8) is 0 Å². The Hall–Kier alpha value is -1.47. The SMILES string of the molecule is COc1ccc(C(CC(F)(F)F)NN)c(OC)c1. The second kappa shape index (κ2) is 5.92. The zero-order valence-electron chi connectivity index (χ0n) is 10.0. The number of nitrogens with two attached hydrogens (primary N) is 1. The van der Waals surface area contributed by atoms with E-state index in [0.717, 1.165) is 0 Å². The van der Waals surface area contributed by atoms with Crippen molar-refractivity contribution < 1.29 is 22.6 Å². The molecule has 7 heteroatoms. The van der Waals surface area contributed by atoms with E-state index in [2.05, 4.69) is 5.43 Å². The Morgan fingerprint density at radius 1 is 1.28 bits per heavy atom. The molecule has 1 unspecified atom stereocenters. The summed E-state index contributed by atoms with van der Waals surface area (Å²) in [6.07, 6.45) is -5.39. The Morgan fingerprint density at radius 3 is 2.39 bits per heavy atom. The van der Waals surface area contributed by atoms with Gasteiger partial charge in [0.1, 0.15) is 11.5 Å². The summed E-state index contributed by atoms with van der Waals surface area (Å²) >= 11 is 0. The molecule has 0 bridgehead atoms. The van der Waals surface area contributed by atoms with Gasteiger partial charge in [0, 0.05) is 11.6 Å². The quantitative estimate of drug-likeness (QED) is 0.632. The highest BCUT2D eigenvalue weighted by molar-refractivity contribution is 5.42. The Kier molecular flexibility index (Phi) is 4.80. The first-order chi connectivity index (χ1) is 8.41. The lowest BCUT2D eigenvalue weighted by atomic mass is 10.0. The molecule has 4 nitrogen and oxygen atoms in total. The minimum atomic E-state index is -4.32. The van der Waals surface area contributed by atoms with Crippen molar-refractivity contribution in [2.45, 2.75) is 18.6 Å². The van der Waals surface area contributed by atoms with Gasteiger partial charge in [0.15, 0.2) is 0 Å². The average Bonchev–Trinajstić information content (AvgIpc) is 2.34. The normalized spacial score (nSPS) is 13.2. The molecule has 1 atom stereocenters. The van der Waals surface area contributed by atoms with E-state index in [1.807, 2.05) is 0 Å². The number of hydrazine groups is 1. The largest absolute Gasteiger partial charge is 0.497 e. The lowest BCUT2D eigenvalue weighted by molar-refractivity contribution is -0.140. The van der Waals surface area contributed by atoms with Gasteiger partial charge in [-0.1, -0.05) is 6.07 Å². The molecule has 1 aromatic carbocycles. The second-order valence-electron chi connectivity index (χ2n) is 3.65. The molecule has 0 amide bonds. The van der Waals surface area contributed by atoms with Crippen molar-refractivity contribution in [3.05, 3.63) is 23.8 Å². The molecule has 0 aliphatic heterocycles. The molecule has 0 aliphatic rings. The molecule has 0 saturated carbocycles. The van der Waals surface area contributed by atoms with Crippen molar-refractivity contribution in [1.29, 1.82) is 0 Å². The molecule has 102 valence electrons. The minimum absolute atomic E-state index is 0.293. The number of methoxy groups -OCH3 is 2. The van der Waals surface area contributed by atoms with Gasteiger partial charge >= 0.3 is 6.18 Å². The lowest BCUT2D eigenvalue weighted by Gasteiger charge is -2.20. The van der Waals surface area contributed by atoms with Gasteiger partial charge in [-0.2, -0.15) is 13.2 Å². The fourth-order valence-corrected chi connectivity index (χ4v) is 1.60. The van der Waals surface area contributed by atoms with Crippen LogP contribution < -0.4 is 20.7 Å². The highest BCUT2D eigenvalue weighted by Gasteiger charge is 2.33. The van der Waals surface area contributed by atoms with Gasteiger partial charge in [-0.3, -0.25) is 11.3 Å². The number of halogens is 3. The van der Waals surface area contributed by atoms with Crippen molar-refractivity contribution >= 4 is 0 Å². The number of hydrogen-bond acceptors (Lipinski definition) is 4. The number of nitrogens with one attached hydrogen (secondary N) is 1. The van der Waals surface area contributed by atoms with E-state index in [1.54, 1.807) is 6.07 Å². The molecule has 0 heterocycles. The fourth-order valence-electron chi connectivity index (χ4n) is 1.60. The standard InChI is InChI=1S/C11H15F3N2O2/c1-17-7-3-4-8(10(5-7)18-2)9(16-15)6-11(12,13)14/h3-5,9,16H,6,15H2,1-2H3. The molecular weight excluding hydrogens is 249 g/mol. The third-order valence-electron chi connectivity index (χ3n) is 2.45. The molecule has 1 aromatic rings. The number of rotatable bonds is 5. The molecule has 0 aromatic heterocycles. The zero-order chi connectivity index (χ0) is 13.8. The summed E-state index contributed by atoms with van der Waals surface area (Å²) in [5, 5.41) is 0. The van der Waals surface area contributed by atoms with Gasteiger partial charge < -0.3 is 9.47 Å². The molecule has 0 aliphatic carbocycles. The first kappa shape index (κ1) is 14.6. The molecule has 0 fully saturated rings. The van der Waals surface area contributed by atoms with Gasteiger partial charge in [0.25, 0.3) is 0 Å². The maximum Gasteiger partial charge on any atom is 0.390 e. The Bertz CT molecular complexity index is 396. The number of benzene rings is 1. The summed E-state index contributed by atoms with van der Waals surface area (Å²) in [6, 6.07) is 3.49. The van der Waals surface area contributed by atoms with Crippen molar-refractivity contribution in [2.75, 3.05) is 14.2 Å². The van der Waals surface area contributed by atoms with Crippen LogP contribution in [0.4, 0.5) is 13.2 Å². The van der Waals surface area contributed by atoms with Crippen LogP contribution in [0.2, 0.25) is 0 Å². The van der Waals surface area contributed by atoms with Crippen LogP contribution in [-0.4, -0.2) is 20.4 Å². The second-order valence-corrected chi connectivity index (χ2v) is 3.65. The van der Waals surface area contributed by atoms with Crippen LogP contribution in [0.25, 0.3) is 0 Å². The van der Waals surface area contributed by atoms with Crippen LogP contribution in [0.1, 0.15) is 18.0 Å². The highest BCUT2D eigenvalue weighted by Crippen LogP contribution is 2.35. The van der Waals surface area contributed by atoms with Gasteiger partial charge in [0.2, 0.25) is 0 Å². The van der Waals surface area contributed by atoms with E-state index in [9.17, 15) is 13.2 Å². The predicted octanol–water partition coefficient (Wildman–Crippen LogP) is 2.16. The third-order valence-corrected chi connectivity index (χ3v) is 2.45. The molecule has 1 rings (SSSR count). The molecule has 3 N–H and O–H groups in total. The monoisotopic (exact) mass is 264 g/mol. The maximum absolute atomic E-state index is 12.4. The van der Waals surface area contributed by atoms with Crippen LogP contribution in [0.3, 0.4) is 0 Å². The number of hydrogen-bond donors (Lipinski definition) is 2. The van der Waals surface area contributed by atoms with Crippen LogP contribution in [0, 0.1) is 0 Å². The van der Waals surface area contributed by atoms with Gasteiger partial charge in [-0.05, 0) is 6.07 Å². The Balaban J connectivity index is 3.05. The highest BCUT2D eigenvalue weighted by atomic mass is 19.4. The Labute approximate surface area is 103 Å². The van der Waals surface area contributed by atoms with Gasteiger partial charge in [0.05, 0.1) is 26.7 Å². The van der Waals surface area contributed by atoms with E-state index in [0.29, 0.717) is 17.1 Å². The van der Waals surface area contributed by atoms with Gasteiger partial charge in [-0.15, -0.1) is 0 Å². The van der Waals surface area contributed by atoms with Crippen LogP contribution in [0.5, 0.6) is 11.5 Å². The van der Waals surface area contributed by atoms with Gasteiger partial charge in [-0.25, -0.2) is 0 Å². The van der Waals surface area contributed by atoms with Crippen LogP contribution >= 0.6 is 0 Å². The van der Waals surface area contributed by atoms with E-state index in [4.69, 9.17) is 15.3 Å². The van der Waals surface area contributed by atoms with Crippen molar-refractivity contribution in [3.8, 4) is 11.5 Å². The summed E-state index contributed by atoms with van der Waals surface area (Å²) in [7, 11) is 2.84.